The fourth-order valence-electron chi connectivity index (χ4n) is 1.06. The van der Waals surface area contributed by atoms with E-state index in [0.29, 0.717) is 5.56 Å². The Morgan fingerprint density at radius 3 is 2.25 bits per heavy atom. The molecule has 86 valence electrons. The molecule has 16 heavy (non-hydrogen) atoms. The van der Waals surface area contributed by atoms with Gasteiger partial charge in [-0.3, -0.25) is 4.79 Å². The van der Waals surface area contributed by atoms with Crippen LogP contribution in [-0.4, -0.2) is 32.5 Å². The van der Waals surface area contributed by atoms with Gasteiger partial charge in [-0.05, 0) is 0 Å². The van der Waals surface area contributed by atoms with Gasteiger partial charge in [-0.2, -0.15) is 5.10 Å². The van der Waals surface area contributed by atoms with Gasteiger partial charge < -0.3 is 4.67 Å². The second-order valence-electron chi connectivity index (χ2n) is 4.69. The fraction of sp³-hybridized carbons (Fsp3) is 0.333. The lowest BCUT2D eigenvalue weighted by Gasteiger charge is -2.26. The van der Waals surface area contributed by atoms with Crippen LogP contribution in [0.15, 0.2) is 29.4 Å². The lowest BCUT2D eigenvalue weighted by Crippen LogP contribution is -2.39. The van der Waals surface area contributed by atoms with Crippen LogP contribution < -0.4 is 0 Å². The summed E-state index contributed by atoms with van der Waals surface area (Å²) in [5.41, 5.74) is 1.54. The number of carbonyl (C=O) groups excluding carboxylic acids is 1. The van der Waals surface area contributed by atoms with Crippen LogP contribution in [0.1, 0.15) is 15.9 Å². The maximum atomic E-state index is 10.8. The molecule has 0 unspecified atom stereocenters. The van der Waals surface area contributed by atoms with E-state index in [1.54, 1.807) is 12.3 Å². The summed E-state index contributed by atoms with van der Waals surface area (Å²) in [4.78, 5) is 10.8. The molecule has 0 saturated carbocycles. The van der Waals surface area contributed by atoms with Gasteiger partial charge in [0.25, 0.3) is 0 Å². The molecule has 0 amide bonds. The summed E-state index contributed by atoms with van der Waals surface area (Å²) in [5.74, 6) is 0. The molecule has 0 bridgehead atoms. The fourth-order valence-corrected chi connectivity index (χ4v) is 1.46. The molecule has 1 rings (SSSR count). The molecule has 1 aromatic rings. The molecule has 0 heterocycles. The Bertz CT molecular complexity index is 396. The van der Waals surface area contributed by atoms with E-state index < -0.39 is 8.24 Å². The summed E-state index contributed by atoms with van der Waals surface area (Å²) < 4.78 is 2.01. The molecule has 0 aliphatic heterocycles. The maximum absolute atomic E-state index is 10.8. The Labute approximate surface area is 97.9 Å². The number of carbonyl (C=O) groups is 1. The first-order chi connectivity index (χ1) is 7.45. The zero-order valence-electron chi connectivity index (χ0n) is 10.3. The summed E-state index contributed by atoms with van der Waals surface area (Å²) in [6.07, 6.45) is 2.61. The second-order valence-corrected chi connectivity index (χ2v) is 9.67. The number of rotatable bonds is 4. The van der Waals surface area contributed by atoms with Crippen molar-refractivity contribution >= 4 is 20.7 Å². The van der Waals surface area contributed by atoms with Crippen LogP contribution >= 0.6 is 0 Å². The maximum Gasteiger partial charge on any atom is 0.168 e. The van der Waals surface area contributed by atoms with Gasteiger partial charge in [-0.15, -0.1) is 0 Å². The van der Waals surface area contributed by atoms with Crippen LogP contribution in [0.25, 0.3) is 0 Å². The lowest BCUT2D eigenvalue weighted by molar-refractivity contribution is 0.112. The Balaban J connectivity index is 2.88. The highest BCUT2D eigenvalue weighted by Gasteiger charge is 2.18. The summed E-state index contributed by atoms with van der Waals surface area (Å²) in [5, 5.41) is 4.39. The normalized spacial score (nSPS) is 11.8. The third-order valence-corrected chi connectivity index (χ3v) is 4.52. The van der Waals surface area contributed by atoms with E-state index in [0.717, 1.165) is 11.8 Å². The van der Waals surface area contributed by atoms with E-state index >= 15 is 0 Å². The van der Waals surface area contributed by atoms with Crippen molar-refractivity contribution in [2.45, 2.75) is 19.6 Å². The summed E-state index contributed by atoms with van der Waals surface area (Å²) in [7, 11) is 0.583. The number of nitrogens with zero attached hydrogens (tertiary/aromatic N) is 2. The zero-order valence-corrected chi connectivity index (χ0v) is 11.3. The monoisotopic (exact) mass is 234 g/mol. The smallest absolute Gasteiger partial charge is 0.168 e. The Hall–Kier alpha value is -1.42. The van der Waals surface area contributed by atoms with Crippen molar-refractivity contribution in [1.29, 1.82) is 0 Å². The summed E-state index contributed by atoms with van der Waals surface area (Å²) in [6, 6.07) is 7.44. The average molecular weight is 234 g/mol. The number of hydrogen-bond donors (Lipinski definition) is 0. The van der Waals surface area contributed by atoms with Crippen molar-refractivity contribution in [3.8, 4) is 0 Å². The van der Waals surface area contributed by atoms with Crippen molar-refractivity contribution in [2.24, 2.45) is 5.10 Å². The number of hydrogen-bond acceptors (Lipinski definition) is 3. The topological polar surface area (TPSA) is 32.7 Å². The first kappa shape index (κ1) is 12.6. The predicted molar refractivity (Wildman–Crippen MR) is 70.5 cm³/mol. The zero-order chi connectivity index (χ0) is 12.2. The Morgan fingerprint density at radius 2 is 1.75 bits per heavy atom. The van der Waals surface area contributed by atoms with E-state index in [-0.39, 0.29) is 0 Å². The summed E-state index contributed by atoms with van der Waals surface area (Å²) in [6.45, 7) is 6.65. The van der Waals surface area contributed by atoms with Gasteiger partial charge in [0, 0.05) is 18.2 Å². The molecule has 1 aromatic carbocycles. The molecule has 0 saturated heterocycles. The first-order valence-corrected chi connectivity index (χ1v) is 8.72. The summed E-state index contributed by atoms with van der Waals surface area (Å²) >= 11 is 0. The third kappa shape index (κ3) is 3.31. The molecule has 3 nitrogen and oxygen atoms in total. The molecular weight excluding hydrogens is 216 g/mol. The van der Waals surface area contributed by atoms with Crippen molar-refractivity contribution in [2.75, 3.05) is 7.05 Å². The third-order valence-electron chi connectivity index (χ3n) is 2.46. The predicted octanol–water partition coefficient (Wildman–Crippen LogP) is 2.60. The van der Waals surface area contributed by atoms with Gasteiger partial charge in [0.2, 0.25) is 0 Å². The van der Waals surface area contributed by atoms with Crippen molar-refractivity contribution in [1.82, 2.24) is 4.67 Å². The first-order valence-electron chi connectivity index (χ1n) is 5.27. The lowest BCUT2D eigenvalue weighted by atomic mass is 10.1. The van der Waals surface area contributed by atoms with Crippen LogP contribution in [0.3, 0.4) is 0 Å². The van der Waals surface area contributed by atoms with Gasteiger partial charge in [0.15, 0.2) is 14.5 Å². The molecule has 0 aliphatic carbocycles. The largest absolute Gasteiger partial charge is 0.328 e. The van der Waals surface area contributed by atoms with Gasteiger partial charge in [-0.25, -0.2) is 0 Å². The van der Waals surface area contributed by atoms with E-state index in [2.05, 4.69) is 24.7 Å². The van der Waals surface area contributed by atoms with Crippen molar-refractivity contribution < 1.29 is 4.79 Å². The number of aldehydes is 1. The van der Waals surface area contributed by atoms with E-state index in [1.807, 2.05) is 29.9 Å². The highest BCUT2D eigenvalue weighted by molar-refractivity contribution is 6.73. The second kappa shape index (κ2) is 5.07. The SMILES string of the molecule is CN(N=Cc1ccccc1C=O)[Si](C)(C)C. The quantitative estimate of drug-likeness (QED) is 0.347. The van der Waals surface area contributed by atoms with Crippen LogP contribution in [0.2, 0.25) is 19.6 Å². The van der Waals surface area contributed by atoms with Crippen molar-refractivity contribution in [3.63, 3.8) is 0 Å². The van der Waals surface area contributed by atoms with E-state index in [1.165, 1.54) is 0 Å². The highest BCUT2D eigenvalue weighted by Crippen LogP contribution is 2.08. The Kier molecular flexibility index (Phi) is 4.01. The molecule has 0 fully saturated rings. The minimum absolute atomic E-state index is 0.676. The standard InChI is InChI=1S/C12H18N2OSi/c1-14(16(2,3)4)13-9-11-7-5-6-8-12(11)10-15/h5-10H,1-4H3. The molecule has 0 atom stereocenters. The Morgan fingerprint density at radius 1 is 1.19 bits per heavy atom. The minimum Gasteiger partial charge on any atom is -0.328 e. The molecule has 0 aliphatic rings. The molecule has 0 spiro atoms. The van der Waals surface area contributed by atoms with Gasteiger partial charge in [-0.1, -0.05) is 43.9 Å². The molecule has 0 N–H and O–H groups in total. The van der Waals surface area contributed by atoms with Crippen LogP contribution in [0, 0.1) is 0 Å². The van der Waals surface area contributed by atoms with Gasteiger partial charge in [0.1, 0.15) is 0 Å². The minimum atomic E-state index is -1.39. The molecule has 0 aromatic heterocycles. The van der Waals surface area contributed by atoms with Gasteiger partial charge in [0.05, 0.1) is 6.21 Å². The van der Waals surface area contributed by atoms with Crippen molar-refractivity contribution in [3.05, 3.63) is 35.4 Å². The van der Waals surface area contributed by atoms with Gasteiger partial charge >= 0.3 is 0 Å². The van der Waals surface area contributed by atoms with E-state index in [4.69, 9.17) is 0 Å². The number of benzene rings is 1. The molecule has 0 radical (unpaired) electrons. The highest BCUT2D eigenvalue weighted by atomic mass is 28.3. The molecule has 4 heteroatoms. The molecular formula is C12H18N2OSi. The van der Waals surface area contributed by atoms with Crippen LogP contribution in [-0.2, 0) is 0 Å². The average Bonchev–Trinajstić information content (AvgIpc) is 2.24. The van der Waals surface area contributed by atoms with Crippen LogP contribution in [0.5, 0.6) is 0 Å². The van der Waals surface area contributed by atoms with E-state index in [9.17, 15) is 4.79 Å². The van der Waals surface area contributed by atoms with Crippen LogP contribution in [0.4, 0.5) is 0 Å². The number of hydrazone groups is 1.